The van der Waals surface area contributed by atoms with Crippen LogP contribution >= 0.6 is 0 Å². The van der Waals surface area contributed by atoms with Crippen LogP contribution in [0.1, 0.15) is 38.8 Å². The van der Waals surface area contributed by atoms with Gasteiger partial charge in [0.25, 0.3) is 0 Å². The van der Waals surface area contributed by atoms with Gasteiger partial charge in [-0.1, -0.05) is 6.07 Å². The standard InChI is InChI=1S/C21H31N5O/c1-17-6-5-7-18(2)26(17)21(27)16-24-12-10-23(11-13-24)14-19-15-25-9-4-3-8-20(25)22-19/h3-4,8-9,15,17-18H,5-7,10-14,16H2,1-2H3. The normalized spacial score (nSPS) is 25.2. The summed E-state index contributed by atoms with van der Waals surface area (Å²) in [6.07, 6.45) is 7.68. The van der Waals surface area contributed by atoms with Crippen LogP contribution in [0.25, 0.3) is 5.65 Å². The summed E-state index contributed by atoms with van der Waals surface area (Å²) in [4.78, 5) is 24.4. The van der Waals surface area contributed by atoms with Gasteiger partial charge in [0.15, 0.2) is 0 Å². The first-order chi connectivity index (χ1) is 13.1. The number of amides is 1. The van der Waals surface area contributed by atoms with Gasteiger partial charge in [0.1, 0.15) is 5.65 Å². The van der Waals surface area contributed by atoms with E-state index in [1.807, 2.05) is 24.4 Å². The van der Waals surface area contributed by atoms with E-state index in [0.29, 0.717) is 24.5 Å². The highest BCUT2D eigenvalue weighted by Crippen LogP contribution is 2.23. The number of rotatable bonds is 4. The second-order valence-electron chi connectivity index (χ2n) is 8.18. The maximum absolute atomic E-state index is 12.8. The summed E-state index contributed by atoms with van der Waals surface area (Å²) in [6, 6.07) is 6.86. The number of piperazine rings is 1. The van der Waals surface area contributed by atoms with Crippen molar-refractivity contribution in [2.24, 2.45) is 0 Å². The maximum Gasteiger partial charge on any atom is 0.237 e. The molecule has 4 heterocycles. The minimum absolute atomic E-state index is 0.309. The van der Waals surface area contributed by atoms with Gasteiger partial charge in [-0.15, -0.1) is 0 Å². The van der Waals surface area contributed by atoms with Crippen LogP contribution in [0.2, 0.25) is 0 Å². The van der Waals surface area contributed by atoms with Crippen molar-refractivity contribution in [2.75, 3.05) is 32.7 Å². The first-order valence-corrected chi connectivity index (χ1v) is 10.3. The van der Waals surface area contributed by atoms with E-state index in [-0.39, 0.29) is 0 Å². The molecular weight excluding hydrogens is 338 g/mol. The van der Waals surface area contributed by atoms with Crippen LogP contribution in [0.3, 0.4) is 0 Å². The van der Waals surface area contributed by atoms with Crippen LogP contribution in [-0.4, -0.2) is 74.8 Å². The largest absolute Gasteiger partial charge is 0.336 e. The Morgan fingerprint density at radius 3 is 2.48 bits per heavy atom. The molecule has 0 aliphatic carbocycles. The monoisotopic (exact) mass is 369 g/mol. The SMILES string of the molecule is CC1CCCC(C)N1C(=O)CN1CCN(Cc2cn3ccccc3n2)CC1. The van der Waals surface area contributed by atoms with Gasteiger partial charge in [0, 0.05) is 57.2 Å². The summed E-state index contributed by atoms with van der Waals surface area (Å²) >= 11 is 0. The molecule has 4 rings (SSSR count). The van der Waals surface area contributed by atoms with Crippen LogP contribution in [0.5, 0.6) is 0 Å². The number of carbonyl (C=O) groups is 1. The number of imidazole rings is 1. The summed E-state index contributed by atoms with van der Waals surface area (Å²) in [5.41, 5.74) is 2.11. The maximum atomic E-state index is 12.8. The molecule has 2 saturated heterocycles. The molecule has 27 heavy (non-hydrogen) atoms. The van der Waals surface area contributed by atoms with Gasteiger partial charge < -0.3 is 9.30 Å². The molecule has 0 bridgehead atoms. The molecule has 2 aliphatic heterocycles. The molecule has 6 heteroatoms. The van der Waals surface area contributed by atoms with Crippen LogP contribution in [0.4, 0.5) is 0 Å². The minimum Gasteiger partial charge on any atom is -0.336 e. The zero-order valence-corrected chi connectivity index (χ0v) is 16.5. The Hall–Kier alpha value is -1.92. The summed E-state index contributed by atoms with van der Waals surface area (Å²) < 4.78 is 2.07. The smallest absolute Gasteiger partial charge is 0.237 e. The molecule has 0 spiro atoms. The van der Waals surface area contributed by atoms with Gasteiger partial charge in [-0.25, -0.2) is 4.98 Å². The highest BCUT2D eigenvalue weighted by atomic mass is 16.2. The van der Waals surface area contributed by atoms with Crippen molar-refractivity contribution in [3.63, 3.8) is 0 Å². The molecule has 0 saturated carbocycles. The predicted octanol–water partition coefficient (Wildman–Crippen LogP) is 2.24. The number of nitrogens with zero attached hydrogens (tertiary/aromatic N) is 5. The van der Waals surface area contributed by atoms with Crippen molar-refractivity contribution < 1.29 is 4.79 Å². The summed E-state index contributed by atoms with van der Waals surface area (Å²) in [6.45, 7) is 9.73. The Morgan fingerprint density at radius 2 is 1.78 bits per heavy atom. The highest BCUT2D eigenvalue weighted by Gasteiger charge is 2.30. The van der Waals surface area contributed by atoms with Crippen molar-refractivity contribution in [1.82, 2.24) is 24.1 Å². The molecule has 2 aromatic heterocycles. The number of carbonyl (C=O) groups excluding carboxylic acids is 1. The van der Waals surface area contributed by atoms with Crippen molar-refractivity contribution in [3.05, 3.63) is 36.3 Å². The number of likely N-dealkylation sites (tertiary alicyclic amines) is 1. The molecule has 0 radical (unpaired) electrons. The van der Waals surface area contributed by atoms with Gasteiger partial charge in [0.05, 0.1) is 12.2 Å². The third-order valence-electron chi connectivity index (χ3n) is 6.10. The number of pyridine rings is 1. The average Bonchev–Trinajstić information content (AvgIpc) is 3.05. The lowest BCUT2D eigenvalue weighted by atomic mass is 9.97. The molecule has 2 aromatic rings. The zero-order valence-electron chi connectivity index (χ0n) is 16.5. The fourth-order valence-electron chi connectivity index (χ4n) is 4.58. The quantitative estimate of drug-likeness (QED) is 0.829. The number of hydrogen-bond donors (Lipinski definition) is 0. The fourth-order valence-corrected chi connectivity index (χ4v) is 4.58. The Labute approximate surface area is 161 Å². The summed E-state index contributed by atoms with van der Waals surface area (Å²) in [5.74, 6) is 0.309. The van der Waals surface area contributed by atoms with Crippen molar-refractivity contribution in [2.45, 2.75) is 51.7 Å². The van der Waals surface area contributed by atoms with Crippen molar-refractivity contribution >= 4 is 11.6 Å². The first-order valence-electron chi connectivity index (χ1n) is 10.3. The first kappa shape index (κ1) is 18.4. The van der Waals surface area contributed by atoms with Crippen LogP contribution in [0, 0.1) is 0 Å². The molecule has 6 nitrogen and oxygen atoms in total. The van der Waals surface area contributed by atoms with E-state index >= 15 is 0 Å². The molecule has 0 aromatic carbocycles. The van der Waals surface area contributed by atoms with Gasteiger partial charge in [0.2, 0.25) is 5.91 Å². The lowest BCUT2D eigenvalue weighted by Gasteiger charge is -2.41. The Kier molecular flexibility index (Phi) is 5.45. The summed E-state index contributed by atoms with van der Waals surface area (Å²) in [7, 11) is 0. The molecule has 2 aliphatic rings. The lowest BCUT2D eigenvalue weighted by molar-refractivity contribution is -0.139. The Balaban J connectivity index is 1.28. The average molecular weight is 370 g/mol. The van der Waals surface area contributed by atoms with E-state index in [2.05, 4.69) is 39.1 Å². The molecule has 2 fully saturated rings. The molecule has 2 atom stereocenters. The van der Waals surface area contributed by atoms with Gasteiger partial charge >= 0.3 is 0 Å². The third kappa shape index (κ3) is 4.17. The molecule has 0 N–H and O–H groups in total. The van der Waals surface area contributed by atoms with Crippen LogP contribution in [0.15, 0.2) is 30.6 Å². The lowest BCUT2D eigenvalue weighted by Crippen LogP contribution is -2.54. The molecule has 2 unspecified atom stereocenters. The van der Waals surface area contributed by atoms with Crippen LogP contribution < -0.4 is 0 Å². The van der Waals surface area contributed by atoms with E-state index in [1.165, 1.54) is 6.42 Å². The molecule has 146 valence electrons. The topological polar surface area (TPSA) is 44.1 Å². The van der Waals surface area contributed by atoms with Crippen molar-refractivity contribution in [1.29, 1.82) is 0 Å². The molecular formula is C21H31N5O. The predicted molar refractivity (Wildman–Crippen MR) is 107 cm³/mol. The summed E-state index contributed by atoms with van der Waals surface area (Å²) in [5, 5.41) is 0. The Bertz CT molecular complexity index is 737. The highest BCUT2D eigenvalue weighted by molar-refractivity contribution is 5.79. The van der Waals surface area contributed by atoms with Gasteiger partial charge in [-0.05, 0) is 45.2 Å². The van der Waals surface area contributed by atoms with Crippen LogP contribution in [-0.2, 0) is 11.3 Å². The van der Waals surface area contributed by atoms with E-state index in [9.17, 15) is 4.79 Å². The number of fused-ring (bicyclic) bond motifs is 1. The minimum atomic E-state index is 0.309. The molecule has 1 amide bonds. The fraction of sp³-hybridized carbons (Fsp3) is 0.619. The van der Waals surface area contributed by atoms with Crippen molar-refractivity contribution in [3.8, 4) is 0 Å². The number of aromatic nitrogens is 2. The van der Waals surface area contributed by atoms with Gasteiger partial charge in [-0.3, -0.25) is 14.6 Å². The second kappa shape index (κ2) is 7.98. The zero-order chi connectivity index (χ0) is 18.8. The number of hydrogen-bond acceptors (Lipinski definition) is 4. The van der Waals surface area contributed by atoms with E-state index in [4.69, 9.17) is 4.98 Å². The van der Waals surface area contributed by atoms with Gasteiger partial charge in [-0.2, -0.15) is 0 Å². The second-order valence-corrected chi connectivity index (χ2v) is 8.18. The Morgan fingerprint density at radius 1 is 1.07 bits per heavy atom. The van der Waals surface area contributed by atoms with E-state index in [1.54, 1.807) is 0 Å². The third-order valence-corrected chi connectivity index (χ3v) is 6.10. The van der Waals surface area contributed by atoms with E-state index < -0.39 is 0 Å². The number of piperidine rings is 1. The van der Waals surface area contributed by atoms with E-state index in [0.717, 1.165) is 56.9 Å².